The van der Waals surface area contributed by atoms with Gasteiger partial charge in [-0.15, -0.1) is 12.4 Å². The minimum Gasteiger partial charge on any atom is -0.497 e. The fourth-order valence-corrected chi connectivity index (χ4v) is 4.47. The molecule has 2 N–H and O–H groups in total. The van der Waals surface area contributed by atoms with Gasteiger partial charge in [-0.25, -0.2) is 4.79 Å². The smallest absolute Gasteiger partial charge is 0.325 e. The summed E-state index contributed by atoms with van der Waals surface area (Å²) in [4.78, 5) is 44.4. The number of carbonyl (C=O) groups is 1. The highest BCUT2D eigenvalue weighted by molar-refractivity contribution is 5.93. The molecule has 0 spiro atoms. The van der Waals surface area contributed by atoms with Gasteiger partial charge in [0.15, 0.2) is 0 Å². The standard InChI is InChI=1S/C19H22N4O4.ClH/c1-22-8-12-9-23(18(25)14-7-20-19(26)21-17(14)24)10-15(12)16(22)11-3-5-13(27-2)6-4-11;/h3-7,12,15-16H,8-10H2,1-2H3,(H2,20,21,24,26);1H/t12-,15+,16+;/m0./s1. The lowest BCUT2D eigenvalue weighted by atomic mass is 9.89. The average Bonchev–Trinajstić information content (AvgIpc) is 3.18. The van der Waals surface area contributed by atoms with E-state index >= 15 is 0 Å². The van der Waals surface area contributed by atoms with Crippen molar-refractivity contribution in [1.82, 2.24) is 19.8 Å². The molecule has 9 heteroatoms. The van der Waals surface area contributed by atoms with E-state index in [2.05, 4.69) is 34.0 Å². The molecule has 1 aromatic heterocycles. The fourth-order valence-electron chi connectivity index (χ4n) is 4.47. The second-order valence-electron chi connectivity index (χ2n) is 7.28. The van der Waals surface area contributed by atoms with Crippen molar-refractivity contribution in [2.24, 2.45) is 11.8 Å². The summed E-state index contributed by atoms with van der Waals surface area (Å²) in [6.07, 6.45) is 1.20. The second-order valence-corrected chi connectivity index (χ2v) is 7.28. The lowest BCUT2D eigenvalue weighted by Gasteiger charge is -2.27. The number of hydrogen-bond acceptors (Lipinski definition) is 5. The quantitative estimate of drug-likeness (QED) is 0.788. The predicted octanol–water partition coefficient (Wildman–Crippen LogP) is 0.868. The fraction of sp³-hybridized carbons (Fsp3) is 0.421. The SMILES string of the molecule is COc1ccc([C@@H]2[C@@H]3CN(C(=O)c4c[nH]c(=O)[nH]c4=O)C[C@@H]3CN2C)cc1.Cl. The maximum Gasteiger partial charge on any atom is 0.325 e. The molecule has 0 bridgehead atoms. The van der Waals surface area contributed by atoms with Gasteiger partial charge in [0.25, 0.3) is 11.5 Å². The van der Waals surface area contributed by atoms with E-state index in [9.17, 15) is 14.4 Å². The van der Waals surface area contributed by atoms with Gasteiger partial charge in [-0.1, -0.05) is 12.1 Å². The highest BCUT2D eigenvalue weighted by Crippen LogP contribution is 2.44. The summed E-state index contributed by atoms with van der Waals surface area (Å²) in [5.41, 5.74) is -0.0911. The summed E-state index contributed by atoms with van der Waals surface area (Å²) in [6, 6.07) is 8.26. The van der Waals surface area contributed by atoms with Crippen LogP contribution in [0.2, 0.25) is 0 Å². The van der Waals surface area contributed by atoms with Gasteiger partial charge in [0.2, 0.25) is 0 Å². The number of fused-ring (bicyclic) bond motifs is 1. The van der Waals surface area contributed by atoms with Crippen LogP contribution < -0.4 is 16.0 Å². The van der Waals surface area contributed by atoms with E-state index in [0.29, 0.717) is 24.9 Å². The lowest BCUT2D eigenvalue weighted by molar-refractivity contribution is 0.0765. The first-order chi connectivity index (χ1) is 13.0. The number of aromatic nitrogens is 2. The summed E-state index contributed by atoms with van der Waals surface area (Å²) < 4.78 is 5.24. The van der Waals surface area contributed by atoms with Crippen molar-refractivity contribution in [2.75, 3.05) is 33.8 Å². The molecular weight excluding hydrogens is 384 g/mol. The molecule has 1 aromatic carbocycles. The summed E-state index contributed by atoms with van der Waals surface area (Å²) in [5.74, 6) is 1.14. The molecule has 0 saturated carbocycles. The monoisotopic (exact) mass is 406 g/mol. The summed E-state index contributed by atoms with van der Waals surface area (Å²) >= 11 is 0. The Kier molecular flexibility index (Phi) is 5.62. The van der Waals surface area contributed by atoms with Crippen LogP contribution in [0, 0.1) is 11.8 Å². The number of likely N-dealkylation sites (tertiary alicyclic amines) is 2. The second kappa shape index (κ2) is 7.81. The summed E-state index contributed by atoms with van der Waals surface area (Å²) in [7, 11) is 3.75. The summed E-state index contributed by atoms with van der Waals surface area (Å²) in [6.45, 7) is 2.09. The number of amides is 1. The Labute approximate surface area is 167 Å². The Morgan fingerprint density at radius 3 is 2.50 bits per heavy atom. The van der Waals surface area contributed by atoms with Crippen molar-refractivity contribution in [2.45, 2.75) is 6.04 Å². The molecule has 8 nitrogen and oxygen atoms in total. The first-order valence-corrected chi connectivity index (χ1v) is 8.93. The van der Waals surface area contributed by atoms with Crippen LogP contribution in [0.1, 0.15) is 22.0 Å². The molecule has 4 rings (SSSR count). The normalized spacial score (nSPS) is 23.9. The van der Waals surface area contributed by atoms with Gasteiger partial charge in [-0.3, -0.25) is 19.5 Å². The Hall–Kier alpha value is -2.58. The molecule has 0 radical (unpaired) electrons. The van der Waals surface area contributed by atoms with Crippen LogP contribution in [0.4, 0.5) is 0 Å². The van der Waals surface area contributed by atoms with Gasteiger partial charge in [0.1, 0.15) is 11.3 Å². The van der Waals surface area contributed by atoms with E-state index < -0.39 is 11.2 Å². The van der Waals surface area contributed by atoms with Gasteiger partial charge >= 0.3 is 5.69 Å². The van der Waals surface area contributed by atoms with Crippen molar-refractivity contribution in [3.63, 3.8) is 0 Å². The van der Waals surface area contributed by atoms with E-state index in [1.54, 1.807) is 12.0 Å². The van der Waals surface area contributed by atoms with Gasteiger partial charge in [0.05, 0.1) is 7.11 Å². The number of ether oxygens (including phenoxy) is 1. The zero-order valence-corrected chi connectivity index (χ0v) is 16.5. The third-order valence-electron chi connectivity index (χ3n) is 5.69. The number of aromatic amines is 2. The highest BCUT2D eigenvalue weighted by atomic mass is 35.5. The number of hydrogen-bond donors (Lipinski definition) is 2. The topological polar surface area (TPSA) is 98.5 Å². The van der Waals surface area contributed by atoms with Crippen molar-refractivity contribution in [1.29, 1.82) is 0 Å². The molecule has 2 aromatic rings. The molecule has 3 atom stereocenters. The molecule has 2 aliphatic rings. The molecule has 0 unspecified atom stereocenters. The summed E-state index contributed by atoms with van der Waals surface area (Å²) in [5, 5.41) is 0. The van der Waals surface area contributed by atoms with Crippen LogP contribution in [0.25, 0.3) is 0 Å². The molecule has 3 heterocycles. The number of halogens is 1. The molecule has 0 aliphatic carbocycles. The number of rotatable bonds is 3. The Bertz CT molecular complexity index is 971. The molecule has 150 valence electrons. The Morgan fingerprint density at radius 1 is 1.14 bits per heavy atom. The van der Waals surface area contributed by atoms with Crippen LogP contribution in [0.5, 0.6) is 5.75 Å². The molecule has 1 amide bonds. The number of H-pyrrole nitrogens is 2. The minimum absolute atomic E-state index is 0. The number of carbonyl (C=O) groups excluding carboxylic acids is 1. The van der Waals surface area contributed by atoms with E-state index in [1.165, 1.54) is 11.8 Å². The van der Waals surface area contributed by atoms with Crippen LogP contribution in [0.3, 0.4) is 0 Å². The average molecular weight is 407 g/mol. The molecule has 28 heavy (non-hydrogen) atoms. The van der Waals surface area contributed by atoms with Crippen LogP contribution >= 0.6 is 12.4 Å². The first-order valence-electron chi connectivity index (χ1n) is 8.93. The van der Waals surface area contributed by atoms with Crippen molar-refractivity contribution in [3.05, 3.63) is 62.4 Å². The third kappa shape index (κ3) is 3.45. The van der Waals surface area contributed by atoms with Gasteiger partial charge in [-0.05, 0) is 30.7 Å². The highest BCUT2D eigenvalue weighted by Gasteiger charge is 2.47. The van der Waals surface area contributed by atoms with Gasteiger partial charge in [0, 0.05) is 37.8 Å². The zero-order chi connectivity index (χ0) is 19.1. The minimum atomic E-state index is -0.648. The number of methoxy groups -OCH3 is 1. The largest absolute Gasteiger partial charge is 0.497 e. The van der Waals surface area contributed by atoms with Gasteiger partial charge in [-0.2, -0.15) is 0 Å². The predicted molar refractivity (Wildman–Crippen MR) is 106 cm³/mol. The third-order valence-corrected chi connectivity index (χ3v) is 5.69. The van der Waals surface area contributed by atoms with Crippen LogP contribution in [-0.2, 0) is 0 Å². The van der Waals surface area contributed by atoms with E-state index in [0.717, 1.165) is 12.3 Å². The maximum atomic E-state index is 12.8. The molecule has 2 saturated heterocycles. The first kappa shape index (κ1) is 20.2. The van der Waals surface area contributed by atoms with Crippen molar-refractivity contribution >= 4 is 18.3 Å². The van der Waals surface area contributed by atoms with Crippen LogP contribution in [-0.4, -0.2) is 59.5 Å². The number of benzene rings is 1. The van der Waals surface area contributed by atoms with Crippen LogP contribution in [0.15, 0.2) is 40.1 Å². The van der Waals surface area contributed by atoms with Crippen molar-refractivity contribution < 1.29 is 9.53 Å². The van der Waals surface area contributed by atoms with E-state index in [1.807, 2.05) is 12.1 Å². The lowest BCUT2D eigenvalue weighted by Crippen LogP contribution is -2.37. The maximum absolute atomic E-state index is 12.8. The van der Waals surface area contributed by atoms with Crippen molar-refractivity contribution in [3.8, 4) is 5.75 Å². The Morgan fingerprint density at radius 2 is 1.86 bits per heavy atom. The molecular formula is C19H23ClN4O4. The van der Waals surface area contributed by atoms with E-state index in [-0.39, 0.29) is 29.9 Å². The van der Waals surface area contributed by atoms with E-state index in [4.69, 9.17) is 4.74 Å². The zero-order valence-electron chi connectivity index (χ0n) is 15.7. The number of nitrogens with zero attached hydrogens (tertiary/aromatic N) is 2. The Balaban J connectivity index is 0.00000225. The number of nitrogens with one attached hydrogen (secondary N) is 2. The van der Waals surface area contributed by atoms with Gasteiger partial charge < -0.3 is 14.6 Å². The molecule has 2 fully saturated rings. The molecule has 2 aliphatic heterocycles.